The summed E-state index contributed by atoms with van der Waals surface area (Å²) >= 11 is 6.47. The molecule has 0 atom stereocenters. The minimum absolute atomic E-state index is 0.0908. The first kappa shape index (κ1) is 25.2. The lowest BCUT2D eigenvalue weighted by atomic mass is 9.90. The largest absolute Gasteiger partial charge is 0.465 e. The Bertz CT molecular complexity index is 1070. The predicted molar refractivity (Wildman–Crippen MR) is 130 cm³/mol. The highest BCUT2D eigenvalue weighted by atomic mass is 35.5. The van der Waals surface area contributed by atoms with Gasteiger partial charge in [0.2, 0.25) is 5.95 Å². The number of likely N-dealkylation sites (N-methyl/N-ethyl adjacent to an activating group) is 1. The zero-order chi connectivity index (χ0) is 25.1. The van der Waals surface area contributed by atoms with Gasteiger partial charge in [-0.2, -0.15) is 5.10 Å². The molecular formula is C23H32ClN7O4. The number of amides is 2. The summed E-state index contributed by atoms with van der Waals surface area (Å²) in [4.78, 5) is 39.1. The second kappa shape index (κ2) is 10.8. The van der Waals surface area contributed by atoms with E-state index in [-0.39, 0.29) is 18.6 Å². The zero-order valence-electron chi connectivity index (χ0n) is 20.3. The summed E-state index contributed by atoms with van der Waals surface area (Å²) in [5.41, 5.74) is 2.72. The van der Waals surface area contributed by atoms with E-state index in [2.05, 4.69) is 15.4 Å². The molecule has 2 heterocycles. The van der Waals surface area contributed by atoms with Crippen LogP contribution in [-0.4, -0.2) is 79.6 Å². The minimum Gasteiger partial charge on any atom is -0.465 e. The summed E-state index contributed by atoms with van der Waals surface area (Å²) in [5.74, 6) is 0.780. The average Bonchev–Trinajstić information content (AvgIpc) is 3.60. The molecule has 35 heavy (non-hydrogen) atoms. The Morgan fingerprint density at radius 2 is 1.94 bits per heavy atom. The van der Waals surface area contributed by atoms with Crippen LogP contribution in [-0.2, 0) is 23.1 Å². The van der Waals surface area contributed by atoms with E-state index in [1.54, 1.807) is 6.20 Å². The SMILES string of the molecule is CON(C)C(=O)CN(C(=O)O)C1CCC(Nc2ncc(Cl)c(-c3cnn(C)c3CC3CC3)n2)CC1. The average molecular weight is 506 g/mol. The molecule has 0 bridgehead atoms. The Morgan fingerprint density at radius 3 is 2.57 bits per heavy atom. The molecular weight excluding hydrogens is 474 g/mol. The second-order valence-corrected chi connectivity index (χ2v) is 9.71. The van der Waals surface area contributed by atoms with Crippen molar-refractivity contribution in [2.24, 2.45) is 13.0 Å². The molecule has 2 aromatic rings. The van der Waals surface area contributed by atoms with Gasteiger partial charge in [-0.3, -0.25) is 19.2 Å². The summed E-state index contributed by atoms with van der Waals surface area (Å²) in [6, 6.07) is -0.144. The normalized spacial score (nSPS) is 19.9. The van der Waals surface area contributed by atoms with E-state index in [4.69, 9.17) is 21.4 Å². The van der Waals surface area contributed by atoms with Gasteiger partial charge < -0.3 is 10.4 Å². The number of carbonyl (C=O) groups excluding carboxylic acids is 1. The lowest BCUT2D eigenvalue weighted by Gasteiger charge is -2.35. The van der Waals surface area contributed by atoms with E-state index >= 15 is 0 Å². The van der Waals surface area contributed by atoms with Gasteiger partial charge in [-0.1, -0.05) is 11.6 Å². The molecule has 0 spiro atoms. The Hall–Kier alpha value is -2.92. The van der Waals surface area contributed by atoms with E-state index in [1.807, 2.05) is 17.9 Å². The Labute approximate surface area is 209 Å². The van der Waals surface area contributed by atoms with E-state index in [1.165, 1.54) is 31.9 Å². The van der Waals surface area contributed by atoms with Crippen LogP contribution in [0, 0.1) is 5.92 Å². The number of aryl methyl sites for hydroxylation is 1. The van der Waals surface area contributed by atoms with Crippen LogP contribution in [0.2, 0.25) is 5.02 Å². The van der Waals surface area contributed by atoms with Crippen molar-refractivity contribution >= 4 is 29.5 Å². The highest BCUT2D eigenvalue weighted by molar-refractivity contribution is 6.32. The Kier molecular flexibility index (Phi) is 7.75. The van der Waals surface area contributed by atoms with Crippen LogP contribution < -0.4 is 5.32 Å². The van der Waals surface area contributed by atoms with Crippen LogP contribution in [0.1, 0.15) is 44.2 Å². The number of carbonyl (C=O) groups is 2. The standard InChI is InChI=1S/C23H32ClN7O4/c1-29-19(10-14-4-5-14)17(11-26-29)21-18(24)12-25-22(28-21)27-15-6-8-16(9-7-15)31(23(33)34)13-20(32)30(2)35-3/h11-12,14-16H,4-10,13H2,1-3H3,(H,33,34)(H,25,27,28). The van der Waals surface area contributed by atoms with E-state index in [0.717, 1.165) is 35.6 Å². The summed E-state index contributed by atoms with van der Waals surface area (Å²) in [7, 11) is 4.77. The maximum Gasteiger partial charge on any atom is 0.408 e. The van der Waals surface area contributed by atoms with Gasteiger partial charge in [0.25, 0.3) is 5.91 Å². The molecule has 0 unspecified atom stereocenters. The number of rotatable bonds is 9. The summed E-state index contributed by atoms with van der Waals surface area (Å²) in [6.45, 7) is -0.236. The number of hydrogen-bond acceptors (Lipinski definition) is 7. The maximum atomic E-state index is 12.2. The zero-order valence-corrected chi connectivity index (χ0v) is 21.0. The molecule has 2 aliphatic carbocycles. The van der Waals surface area contributed by atoms with Crippen LogP contribution >= 0.6 is 11.6 Å². The number of nitrogens with zero attached hydrogens (tertiary/aromatic N) is 6. The van der Waals surface area contributed by atoms with Crippen LogP contribution in [0.3, 0.4) is 0 Å². The van der Waals surface area contributed by atoms with Crippen LogP contribution in [0.4, 0.5) is 10.7 Å². The molecule has 2 aromatic heterocycles. The minimum atomic E-state index is -1.11. The number of anilines is 1. The van der Waals surface area contributed by atoms with E-state index in [0.29, 0.717) is 35.4 Å². The molecule has 2 saturated carbocycles. The van der Waals surface area contributed by atoms with E-state index in [9.17, 15) is 14.7 Å². The van der Waals surface area contributed by atoms with Crippen LogP contribution in [0.5, 0.6) is 0 Å². The molecule has 0 aromatic carbocycles. The molecule has 190 valence electrons. The van der Waals surface area contributed by atoms with Crippen molar-refractivity contribution in [3.8, 4) is 11.3 Å². The second-order valence-electron chi connectivity index (χ2n) is 9.30. The van der Waals surface area contributed by atoms with Gasteiger partial charge in [0.1, 0.15) is 6.54 Å². The first-order chi connectivity index (χ1) is 16.8. The van der Waals surface area contributed by atoms with Gasteiger partial charge in [-0.05, 0) is 50.9 Å². The van der Waals surface area contributed by atoms with Gasteiger partial charge in [-0.15, -0.1) is 0 Å². The molecule has 2 amide bonds. The molecule has 2 fully saturated rings. The van der Waals surface area contributed by atoms with Gasteiger partial charge in [0.05, 0.1) is 30.2 Å². The van der Waals surface area contributed by atoms with Gasteiger partial charge >= 0.3 is 6.09 Å². The fraction of sp³-hybridized carbons (Fsp3) is 0.609. The number of hydrogen-bond donors (Lipinski definition) is 2. The lowest BCUT2D eigenvalue weighted by molar-refractivity contribution is -0.169. The van der Waals surface area contributed by atoms with Crippen molar-refractivity contribution in [2.45, 2.75) is 57.0 Å². The predicted octanol–water partition coefficient (Wildman–Crippen LogP) is 3.21. The Balaban J connectivity index is 1.40. The van der Waals surface area contributed by atoms with Crippen molar-refractivity contribution in [3.05, 3.63) is 23.1 Å². The van der Waals surface area contributed by atoms with Crippen molar-refractivity contribution in [1.29, 1.82) is 0 Å². The fourth-order valence-electron chi connectivity index (χ4n) is 4.54. The van der Waals surface area contributed by atoms with Crippen LogP contribution in [0.15, 0.2) is 12.4 Å². The van der Waals surface area contributed by atoms with Crippen molar-refractivity contribution in [3.63, 3.8) is 0 Å². The van der Waals surface area contributed by atoms with Gasteiger partial charge in [-0.25, -0.2) is 19.8 Å². The van der Waals surface area contributed by atoms with Gasteiger partial charge in [0.15, 0.2) is 0 Å². The number of hydroxylamine groups is 2. The molecule has 11 nitrogen and oxygen atoms in total. The Morgan fingerprint density at radius 1 is 1.23 bits per heavy atom. The highest BCUT2D eigenvalue weighted by Gasteiger charge is 2.31. The first-order valence-electron chi connectivity index (χ1n) is 11.9. The van der Waals surface area contributed by atoms with Crippen LogP contribution in [0.25, 0.3) is 11.3 Å². The molecule has 12 heteroatoms. The van der Waals surface area contributed by atoms with E-state index < -0.39 is 12.0 Å². The smallest absolute Gasteiger partial charge is 0.408 e. The van der Waals surface area contributed by atoms with Crippen molar-refractivity contribution in [2.75, 3.05) is 26.0 Å². The fourth-order valence-corrected chi connectivity index (χ4v) is 4.73. The number of nitrogens with one attached hydrogen (secondary N) is 1. The first-order valence-corrected chi connectivity index (χ1v) is 12.2. The number of halogens is 1. The summed E-state index contributed by atoms with van der Waals surface area (Å²) in [5, 5.41) is 19.0. The summed E-state index contributed by atoms with van der Waals surface area (Å²) in [6.07, 6.45) is 8.46. The molecule has 4 rings (SSSR count). The molecule has 2 aliphatic rings. The highest BCUT2D eigenvalue weighted by Crippen LogP contribution is 2.37. The number of carboxylic acid groups (broad SMARTS) is 1. The third kappa shape index (κ3) is 6.02. The third-order valence-corrected chi connectivity index (χ3v) is 7.16. The third-order valence-electron chi connectivity index (χ3n) is 6.89. The molecule has 0 radical (unpaired) electrons. The van der Waals surface area contributed by atoms with Crippen molar-refractivity contribution < 1.29 is 19.5 Å². The maximum absolute atomic E-state index is 12.2. The topological polar surface area (TPSA) is 126 Å². The monoisotopic (exact) mass is 505 g/mol. The number of aromatic nitrogens is 4. The molecule has 0 saturated heterocycles. The van der Waals surface area contributed by atoms with Crippen molar-refractivity contribution in [1.82, 2.24) is 29.7 Å². The molecule has 2 N–H and O–H groups in total. The molecule has 0 aliphatic heterocycles. The quantitative estimate of drug-likeness (QED) is 0.497. The van der Waals surface area contributed by atoms with Gasteiger partial charge in [0, 0.05) is 37.4 Å². The lowest BCUT2D eigenvalue weighted by Crippen LogP contribution is -2.48. The summed E-state index contributed by atoms with van der Waals surface area (Å²) < 4.78 is 1.89.